The highest BCUT2D eigenvalue weighted by molar-refractivity contribution is 5.78. The van der Waals surface area contributed by atoms with Crippen LogP contribution in [0.3, 0.4) is 0 Å². The second kappa shape index (κ2) is 4.07. The summed E-state index contributed by atoms with van der Waals surface area (Å²) >= 11 is 0. The first kappa shape index (κ1) is 8.97. The number of rotatable bonds is 2. The highest BCUT2D eigenvalue weighted by atomic mass is 16.5. The molecule has 1 N–H and O–H groups in total. The Morgan fingerprint density at radius 2 is 2.54 bits per heavy atom. The molecule has 4 nitrogen and oxygen atoms in total. The standard InChI is InChI=1S/C9H16N2O2/c12-9-7-11(4-3-10-9)6-8-2-1-5-13-8/h8H,1-7H2,(H,10,12). The minimum Gasteiger partial charge on any atom is -0.377 e. The molecule has 2 aliphatic heterocycles. The van der Waals surface area contributed by atoms with Crippen LogP contribution in [0.1, 0.15) is 12.8 Å². The van der Waals surface area contributed by atoms with Crippen LogP contribution in [0.5, 0.6) is 0 Å². The predicted molar refractivity (Wildman–Crippen MR) is 48.4 cm³/mol. The van der Waals surface area contributed by atoms with Crippen LogP contribution in [-0.2, 0) is 9.53 Å². The largest absolute Gasteiger partial charge is 0.377 e. The molecule has 0 aromatic carbocycles. The summed E-state index contributed by atoms with van der Waals surface area (Å²) in [6.07, 6.45) is 2.69. The van der Waals surface area contributed by atoms with E-state index in [4.69, 9.17) is 4.74 Å². The van der Waals surface area contributed by atoms with Crippen molar-refractivity contribution >= 4 is 5.91 Å². The van der Waals surface area contributed by atoms with Gasteiger partial charge in [-0.25, -0.2) is 0 Å². The second-order valence-corrected chi connectivity index (χ2v) is 3.72. The molecule has 0 radical (unpaired) electrons. The quantitative estimate of drug-likeness (QED) is 0.634. The fraction of sp³-hybridized carbons (Fsp3) is 0.889. The average molecular weight is 184 g/mol. The van der Waals surface area contributed by atoms with Gasteiger partial charge in [0.2, 0.25) is 5.91 Å². The van der Waals surface area contributed by atoms with Crippen molar-refractivity contribution in [2.24, 2.45) is 0 Å². The smallest absolute Gasteiger partial charge is 0.234 e. The number of piperazine rings is 1. The first-order valence-corrected chi connectivity index (χ1v) is 4.95. The van der Waals surface area contributed by atoms with E-state index in [2.05, 4.69) is 10.2 Å². The van der Waals surface area contributed by atoms with Gasteiger partial charge in [-0.1, -0.05) is 0 Å². The van der Waals surface area contributed by atoms with Crippen LogP contribution < -0.4 is 5.32 Å². The highest BCUT2D eigenvalue weighted by Gasteiger charge is 2.22. The molecule has 2 aliphatic rings. The second-order valence-electron chi connectivity index (χ2n) is 3.72. The number of hydrogen-bond donors (Lipinski definition) is 1. The van der Waals surface area contributed by atoms with E-state index in [1.54, 1.807) is 0 Å². The van der Waals surface area contributed by atoms with E-state index in [9.17, 15) is 4.79 Å². The molecule has 1 amide bonds. The molecule has 13 heavy (non-hydrogen) atoms. The fourth-order valence-electron chi connectivity index (χ4n) is 1.92. The summed E-state index contributed by atoms with van der Waals surface area (Å²) < 4.78 is 5.52. The van der Waals surface area contributed by atoms with Crippen molar-refractivity contribution in [3.05, 3.63) is 0 Å². The summed E-state index contributed by atoms with van der Waals surface area (Å²) in [5, 5.41) is 2.82. The van der Waals surface area contributed by atoms with E-state index < -0.39 is 0 Å². The Balaban J connectivity index is 1.76. The van der Waals surface area contributed by atoms with Crippen molar-refractivity contribution in [2.45, 2.75) is 18.9 Å². The summed E-state index contributed by atoms with van der Waals surface area (Å²) in [6.45, 7) is 4.11. The lowest BCUT2D eigenvalue weighted by molar-refractivity contribution is -0.124. The molecule has 0 spiro atoms. The Hall–Kier alpha value is -0.610. The minimum atomic E-state index is 0.143. The maximum atomic E-state index is 11.1. The van der Waals surface area contributed by atoms with Gasteiger partial charge < -0.3 is 10.1 Å². The minimum absolute atomic E-state index is 0.143. The molecule has 0 bridgehead atoms. The average Bonchev–Trinajstić information content (AvgIpc) is 2.57. The van der Waals surface area contributed by atoms with Crippen molar-refractivity contribution in [3.63, 3.8) is 0 Å². The number of nitrogens with zero attached hydrogens (tertiary/aromatic N) is 1. The summed E-state index contributed by atoms with van der Waals surface area (Å²) in [4.78, 5) is 13.2. The Morgan fingerprint density at radius 3 is 3.23 bits per heavy atom. The van der Waals surface area contributed by atoms with E-state index in [0.717, 1.165) is 32.7 Å². The van der Waals surface area contributed by atoms with E-state index >= 15 is 0 Å². The summed E-state index contributed by atoms with van der Waals surface area (Å²) in [6, 6.07) is 0. The molecule has 1 atom stereocenters. The van der Waals surface area contributed by atoms with E-state index in [1.807, 2.05) is 0 Å². The first-order valence-electron chi connectivity index (χ1n) is 4.95. The molecule has 2 saturated heterocycles. The highest BCUT2D eigenvalue weighted by Crippen LogP contribution is 2.13. The molecule has 1 unspecified atom stereocenters. The molecule has 0 aromatic heterocycles. The Morgan fingerprint density at radius 1 is 1.62 bits per heavy atom. The van der Waals surface area contributed by atoms with Crippen molar-refractivity contribution < 1.29 is 9.53 Å². The zero-order chi connectivity index (χ0) is 9.10. The molecule has 4 heteroatoms. The Bertz CT molecular complexity index is 190. The van der Waals surface area contributed by atoms with E-state index in [-0.39, 0.29) is 5.91 Å². The zero-order valence-corrected chi connectivity index (χ0v) is 7.79. The maximum Gasteiger partial charge on any atom is 0.234 e. The molecule has 2 fully saturated rings. The third kappa shape index (κ3) is 2.42. The first-order chi connectivity index (χ1) is 6.34. The van der Waals surface area contributed by atoms with Crippen LogP contribution in [0.2, 0.25) is 0 Å². The number of carbonyl (C=O) groups is 1. The predicted octanol–water partition coefficient (Wildman–Crippen LogP) is -0.403. The number of amides is 1. The van der Waals surface area contributed by atoms with Gasteiger partial charge in [0.25, 0.3) is 0 Å². The van der Waals surface area contributed by atoms with Gasteiger partial charge in [0.1, 0.15) is 0 Å². The van der Waals surface area contributed by atoms with Gasteiger partial charge in [-0.2, -0.15) is 0 Å². The van der Waals surface area contributed by atoms with Crippen LogP contribution in [0.15, 0.2) is 0 Å². The van der Waals surface area contributed by atoms with Crippen molar-refractivity contribution in [2.75, 3.05) is 32.8 Å². The normalized spacial score (nSPS) is 30.5. The molecule has 0 saturated carbocycles. The van der Waals surface area contributed by atoms with Crippen molar-refractivity contribution in [1.29, 1.82) is 0 Å². The lowest BCUT2D eigenvalue weighted by Crippen LogP contribution is -2.49. The number of hydrogen-bond acceptors (Lipinski definition) is 3. The molecular formula is C9H16N2O2. The van der Waals surface area contributed by atoms with Crippen LogP contribution in [0.25, 0.3) is 0 Å². The van der Waals surface area contributed by atoms with Crippen LogP contribution in [0.4, 0.5) is 0 Å². The van der Waals surface area contributed by atoms with E-state index in [1.165, 1.54) is 6.42 Å². The molecule has 0 aliphatic carbocycles. The lowest BCUT2D eigenvalue weighted by atomic mass is 10.2. The Kier molecular flexibility index (Phi) is 2.80. The molecule has 0 aromatic rings. The van der Waals surface area contributed by atoms with Gasteiger partial charge in [0, 0.05) is 26.2 Å². The van der Waals surface area contributed by atoms with Crippen LogP contribution in [-0.4, -0.2) is 49.7 Å². The third-order valence-corrected chi connectivity index (χ3v) is 2.60. The van der Waals surface area contributed by atoms with Crippen LogP contribution >= 0.6 is 0 Å². The molecular weight excluding hydrogens is 168 g/mol. The number of nitrogens with one attached hydrogen (secondary N) is 1. The summed E-state index contributed by atoms with van der Waals surface area (Å²) in [7, 11) is 0. The van der Waals surface area contributed by atoms with Gasteiger partial charge in [-0.05, 0) is 12.8 Å². The van der Waals surface area contributed by atoms with Gasteiger partial charge in [-0.3, -0.25) is 9.69 Å². The van der Waals surface area contributed by atoms with Crippen molar-refractivity contribution in [1.82, 2.24) is 10.2 Å². The fourth-order valence-corrected chi connectivity index (χ4v) is 1.92. The van der Waals surface area contributed by atoms with Gasteiger partial charge in [0.05, 0.1) is 12.6 Å². The van der Waals surface area contributed by atoms with Gasteiger partial charge in [-0.15, -0.1) is 0 Å². The third-order valence-electron chi connectivity index (χ3n) is 2.60. The van der Waals surface area contributed by atoms with Crippen LogP contribution in [0, 0.1) is 0 Å². The SMILES string of the molecule is O=C1CN(CC2CCCO2)CCN1. The van der Waals surface area contributed by atoms with Gasteiger partial charge in [0.15, 0.2) is 0 Å². The summed E-state index contributed by atoms with van der Waals surface area (Å²) in [5.74, 6) is 0.143. The number of carbonyl (C=O) groups excluding carboxylic acids is 1. The number of ether oxygens (including phenoxy) is 1. The molecule has 2 rings (SSSR count). The van der Waals surface area contributed by atoms with E-state index in [0.29, 0.717) is 12.6 Å². The topological polar surface area (TPSA) is 41.6 Å². The lowest BCUT2D eigenvalue weighted by Gasteiger charge is -2.28. The summed E-state index contributed by atoms with van der Waals surface area (Å²) in [5.41, 5.74) is 0. The molecule has 2 heterocycles. The monoisotopic (exact) mass is 184 g/mol. The molecule has 74 valence electrons. The Labute approximate surface area is 78.2 Å². The van der Waals surface area contributed by atoms with Crippen molar-refractivity contribution in [3.8, 4) is 0 Å². The van der Waals surface area contributed by atoms with Gasteiger partial charge >= 0.3 is 0 Å². The maximum absolute atomic E-state index is 11.1. The zero-order valence-electron chi connectivity index (χ0n) is 7.79.